The Balaban J connectivity index is 1.91. The van der Waals surface area contributed by atoms with E-state index in [1.165, 1.54) is 6.07 Å². The lowest BCUT2D eigenvalue weighted by molar-refractivity contribution is 0.102. The molecule has 0 radical (unpaired) electrons. The first-order valence-electron chi connectivity index (χ1n) is 6.38. The molecule has 3 aromatic heterocycles. The smallest absolute Gasteiger partial charge is 0.271 e. The number of carbonyl (C=O) groups is 1. The molecule has 24 heavy (non-hydrogen) atoms. The lowest BCUT2D eigenvalue weighted by atomic mass is 10.3. The minimum Gasteiger partial charge on any atom is -0.288 e. The van der Waals surface area contributed by atoms with Gasteiger partial charge in [-0.15, -0.1) is 5.10 Å². The van der Waals surface area contributed by atoms with Crippen molar-refractivity contribution in [3.05, 3.63) is 45.1 Å². The summed E-state index contributed by atoms with van der Waals surface area (Å²) in [5.74, 6) is -1.51. The number of H-pyrrole nitrogens is 1. The summed E-state index contributed by atoms with van der Waals surface area (Å²) in [5, 5.41) is 14.8. The Kier molecular flexibility index (Phi) is 3.25. The van der Waals surface area contributed by atoms with Gasteiger partial charge in [-0.3, -0.25) is 19.3 Å². The molecule has 0 aliphatic rings. The fourth-order valence-corrected chi connectivity index (χ4v) is 3.37. The lowest BCUT2D eigenvalue weighted by Crippen LogP contribution is -2.26. The lowest BCUT2D eigenvalue weighted by Gasteiger charge is -2.01. The standard InChI is InChI=1S/C12H5ClFN7O2S/c13-5-1-8-7(2-6(5)14)21-10(23)4(3-15-12(21)24-8)9(22)16-11-17-19-20-18-11/h1-3H,(H2,16,17,18,19,20,22). The van der Waals surface area contributed by atoms with E-state index >= 15 is 0 Å². The number of halogens is 2. The van der Waals surface area contributed by atoms with E-state index in [-0.39, 0.29) is 22.1 Å². The molecule has 0 fully saturated rings. The van der Waals surface area contributed by atoms with Gasteiger partial charge in [0.25, 0.3) is 17.4 Å². The van der Waals surface area contributed by atoms with E-state index in [2.05, 4.69) is 30.9 Å². The van der Waals surface area contributed by atoms with Gasteiger partial charge >= 0.3 is 0 Å². The largest absolute Gasteiger partial charge is 0.288 e. The van der Waals surface area contributed by atoms with E-state index in [9.17, 15) is 14.0 Å². The molecule has 0 bridgehead atoms. The van der Waals surface area contributed by atoms with Crippen LogP contribution in [-0.4, -0.2) is 35.9 Å². The summed E-state index contributed by atoms with van der Waals surface area (Å²) < 4.78 is 15.5. The van der Waals surface area contributed by atoms with Crippen molar-refractivity contribution in [2.24, 2.45) is 0 Å². The molecule has 2 N–H and O–H groups in total. The molecule has 0 spiro atoms. The zero-order valence-electron chi connectivity index (χ0n) is 11.4. The van der Waals surface area contributed by atoms with Gasteiger partial charge in [0.1, 0.15) is 11.4 Å². The molecular weight excluding hydrogens is 361 g/mol. The molecule has 9 nitrogen and oxygen atoms in total. The highest BCUT2D eigenvalue weighted by Gasteiger charge is 2.18. The summed E-state index contributed by atoms with van der Waals surface area (Å²) >= 11 is 6.91. The number of carbonyl (C=O) groups excluding carboxylic acids is 1. The third kappa shape index (κ3) is 2.21. The number of amides is 1. The summed E-state index contributed by atoms with van der Waals surface area (Å²) in [6, 6.07) is 2.54. The third-order valence-corrected chi connectivity index (χ3v) is 4.50. The Morgan fingerprint density at radius 2 is 2.25 bits per heavy atom. The highest BCUT2D eigenvalue weighted by atomic mass is 35.5. The van der Waals surface area contributed by atoms with Crippen molar-refractivity contribution in [3.8, 4) is 0 Å². The summed E-state index contributed by atoms with van der Waals surface area (Å²) in [4.78, 5) is 29.2. The van der Waals surface area contributed by atoms with Gasteiger partial charge in [0.05, 0.1) is 15.2 Å². The van der Waals surface area contributed by atoms with Gasteiger partial charge in [0.15, 0.2) is 4.96 Å². The Hall–Kier alpha value is -2.92. The highest BCUT2D eigenvalue weighted by Crippen LogP contribution is 2.28. The molecule has 0 atom stereocenters. The highest BCUT2D eigenvalue weighted by molar-refractivity contribution is 7.23. The molecule has 0 saturated carbocycles. The molecule has 0 saturated heterocycles. The van der Waals surface area contributed by atoms with Crippen molar-refractivity contribution in [2.45, 2.75) is 0 Å². The van der Waals surface area contributed by atoms with Crippen LogP contribution in [0.2, 0.25) is 5.02 Å². The third-order valence-electron chi connectivity index (χ3n) is 3.19. The van der Waals surface area contributed by atoms with Crippen molar-refractivity contribution in [1.82, 2.24) is 30.0 Å². The SMILES string of the molecule is O=C(Nc1nn[nH]n1)c1cnc2sc3cc(Cl)c(F)cc3n2c1=O. The maximum atomic E-state index is 13.7. The van der Waals surface area contributed by atoms with E-state index < -0.39 is 17.3 Å². The maximum Gasteiger partial charge on any atom is 0.271 e. The van der Waals surface area contributed by atoms with Crippen LogP contribution in [0.3, 0.4) is 0 Å². The molecule has 12 heteroatoms. The van der Waals surface area contributed by atoms with Crippen molar-refractivity contribution < 1.29 is 9.18 Å². The van der Waals surface area contributed by atoms with Crippen molar-refractivity contribution in [2.75, 3.05) is 5.32 Å². The Morgan fingerprint density at radius 1 is 1.42 bits per heavy atom. The number of tetrazole rings is 1. The summed E-state index contributed by atoms with van der Waals surface area (Å²) in [6.07, 6.45) is 1.14. The second kappa shape index (κ2) is 5.32. The van der Waals surface area contributed by atoms with Crippen molar-refractivity contribution in [1.29, 1.82) is 0 Å². The minimum absolute atomic E-state index is 0.0582. The number of nitrogens with zero attached hydrogens (tertiary/aromatic N) is 5. The van der Waals surface area contributed by atoms with E-state index in [0.29, 0.717) is 9.66 Å². The quantitative estimate of drug-likeness (QED) is 0.555. The number of hydrogen-bond donors (Lipinski definition) is 2. The molecule has 1 amide bonds. The van der Waals surface area contributed by atoms with E-state index in [1.807, 2.05) is 0 Å². The van der Waals surface area contributed by atoms with Crippen LogP contribution in [0.25, 0.3) is 15.2 Å². The number of fused-ring (bicyclic) bond motifs is 3. The zero-order valence-corrected chi connectivity index (χ0v) is 13.0. The maximum absolute atomic E-state index is 13.7. The minimum atomic E-state index is -0.753. The zero-order chi connectivity index (χ0) is 16.8. The number of aromatic amines is 1. The van der Waals surface area contributed by atoms with E-state index in [1.54, 1.807) is 0 Å². The predicted octanol–water partition coefficient (Wildman–Crippen LogP) is 1.47. The Bertz CT molecular complexity index is 1150. The van der Waals surface area contributed by atoms with Crippen molar-refractivity contribution in [3.63, 3.8) is 0 Å². The first-order chi connectivity index (χ1) is 11.5. The molecule has 3 heterocycles. The van der Waals surface area contributed by atoms with Crippen LogP contribution in [0.5, 0.6) is 0 Å². The Labute approximate surface area is 140 Å². The molecule has 1 aromatic carbocycles. The van der Waals surface area contributed by atoms with Crippen LogP contribution >= 0.6 is 22.9 Å². The fraction of sp³-hybridized carbons (Fsp3) is 0. The number of aromatic nitrogens is 6. The topological polar surface area (TPSA) is 118 Å². The summed E-state index contributed by atoms with van der Waals surface area (Å²) in [7, 11) is 0. The molecule has 0 aliphatic heterocycles. The van der Waals surface area contributed by atoms with Gasteiger partial charge in [-0.1, -0.05) is 28.0 Å². The van der Waals surface area contributed by atoms with Crippen LogP contribution in [-0.2, 0) is 0 Å². The van der Waals surface area contributed by atoms with Crippen LogP contribution in [0.1, 0.15) is 10.4 Å². The monoisotopic (exact) mass is 365 g/mol. The summed E-state index contributed by atoms with van der Waals surface area (Å²) in [5.41, 5.74) is -0.607. The second-order valence-electron chi connectivity index (χ2n) is 4.62. The van der Waals surface area contributed by atoms with Gasteiger partial charge < -0.3 is 0 Å². The van der Waals surface area contributed by atoms with Gasteiger partial charge in [-0.2, -0.15) is 5.21 Å². The number of thiazole rings is 1. The first kappa shape index (κ1) is 14.7. The normalized spacial score (nSPS) is 11.2. The van der Waals surface area contributed by atoms with Crippen LogP contribution in [0.4, 0.5) is 10.3 Å². The Morgan fingerprint density at radius 3 is 3.00 bits per heavy atom. The van der Waals surface area contributed by atoms with E-state index in [4.69, 9.17) is 11.6 Å². The van der Waals surface area contributed by atoms with Crippen LogP contribution < -0.4 is 10.9 Å². The first-order valence-corrected chi connectivity index (χ1v) is 7.58. The van der Waals surface area contributed by atoms with Crippen LogP contribution in [0, 0.1) is 5.82 Å². The van der Waals surface area contributed by atoms with Crippen molar-refractivity contribution >= 4 is 50.0 Å². The second-order valence-corrected chi connectivity index (χ2v) is 6.04. The molecule has 0 unspecified atom stereocenters. The number of benzene rings is 1. The average Bonchev–Trinajstić information content (AvgIpc) is 3.16. The van der Waals surface area contributed by atoms with Gasteiger partial charge in [0, 0.05) is 12.3 Å². The van der Waals surface area contributed by atoms with E-state index in [0.717, 1.165) is 28.0 Å². The fourth-order valence-electron chi connectivity index (χ4n) is 2.14. The molecule has 4 aromatic rings. The number of nitrogens with one attached hydrogen (secondary N) is 2. The number of hydrogen-bond acceptors (Lipinski definition) is 7. The number of rotatable bonds is 2. The van der Waals surface area contributed by atoms with Crippen LogP contribution in [0.15, 0.2) is 23.1 Å². The molecule has 0 aliphatic carbocycles. The van der Waals surface area contributed by atoms with Gasteiger partial charge in [-0.05, 0) is 11.3 Å². The van der Waals surface area contributed by atoms with Gasteiger partial charge in [0.2, 0.25) is 0 Å². The summed E-state index contributed by atoms with van der Waals surface area (Å²) in [6.45, 7) is 0. The molecular formula is C12H5ClFN7O2S. The predicted molar refractivity (Wildman–Crippen MR) is 83.9 cm³/mol. The molecule has 4 rings (SSSR count). The number of anilines is 1. The molecule has 120 valence electrons. The average molecular weight is 366 g/mol. The van der Waals surface area contributed by atoms with Gasteiger partial charge in [-0.25, -0.2) is 9.37 Å².